The Kier molecular flexibility index (Phi) is 4.20. The van der Waals surface area contributed by atoms with Crippen molar-refractivity contribution >= 4 is 0 Å². The van der Waals surface area contributed by atoms with Crippen molar-refractivity contribution in [1.82, 2.24) is 9.55 Å². The van der Waals surface area contributed by atoms with Crippen LogP contribution in [-0.4, -0.2) is 45.4 Å². The Hall–Kier alpha value is -2.17. The molecule has 3 heterocycles. The van der Waals surface area contributed by atoms with Crippen molar-refractivity contribution in [3.8, 4) is 0 Å². The van der Waals surface area contributed by atoms with Crippen molar-refractivity contribution in [3.05, 3.63) is 43.0 Å². The fourth-order valence-electron chi connectivity index (χ4n) is 2.97. The van der Waals surface area contributed by atoms with E-state index in [0.29, 0.717) is 0 Å². The summed E-state index contributed by atoms with van der Waals surface area (Å²) in [5.74, 6) is -0.884. The lowest BCUT2D eigenvalue weighted by Gasteiger charge is -2.24. The summed E-state index contributed by atoms with van der Waals surface area (Å²) < 4.78 is 18.3. The second-order valence-corrected chi connectivity index (χ2v) is 6.02. The fraction of sp³-hybridized carbons (Fsp3) is 0.692. The monoisotopic (exact) mass is 339 g/mol. The third-order valence-electron chi connectivity index (χ3n) is 3.93. The Morgan fingerprint density at radius 2 is 2.12 bits per heavy atom. The maximum atomic E-state index is 12.2. The molecule has 2 fully saturated rings. The molecule has 0 unspecified atom stereocenters. The molecule has 0 bridgehead atoms. The van der Waals surface area contributed by atoms with E-state index in [9.17, 15) is 14.7 Å². The lowest BCUT2D eigenvalue weighted by molar-refractivity contribution is -0.200. The van der Waals surface area contributed by atoms with Crippen LogP contribution < -0.4 is 11.2 Å². The number of nitrogens with zero attached hydrogens (tertiary/aromatic N) is 4. The van der Waals surface area contributed by atoms with Crippen LogP contribution in [0, 0.1) is 0 Å². The van der Waals surface area contributed by atoms with E-state index in [4.69, 9.17) is 19.7 Å². The summed E-state index contributed by atoms with van der Waals surface area (Å²) in [6, 6.07) is 0. The van der Waals surface area contributed by atoms with Crippen LogP contribution in [0.25, 0.3) is 10.4 Å². The Labute approximate surface area is 135 Å². The summed E-state index contributed by atoms with van der Waals surface area (Å²) in [4.78, 5) is 28.7. The number of H-pyrrole nitrogens is 1. The van der Waals surface area contributed by atoms with Crippen molar-refractivity contribution < 1.29 is 19.3 Å². The number of aromatic amines is 1. The third-order valence-corrected chi connectivity index (χ3v) is 3.93. The molecule has 0 aliphatic carbocycles. The average molecular weight is 339 g/mol. The molecule has 0 spiro atoms. The van der Waals surface area contributed by atoms with Crippen LogP contribution in [-0.2, 0) is 20.8 Å². The van der Waals surface area contributed by atoms with Crippen LogP contribution in [0.2, 0.25) is 0 Å². The summed E-state index contributed by atoms with van der Waals surface area (Å²) in [6.45, 7) is 2.93. The van der Waals surface area contributed by atoms with Gasteiger partial charge in [0.1, 0.15) is 18.3 Å². The lowest BCUT2D eigenvalue weighted by atomic mass is 10.1. The molecule has 11 heteroatoms. The van der Waals surface area contributed by atoms with Crippen LogP contribution in [0.5, 0.6) is 0 Å². The smallest absolute Gasteiger partial charge is 0.330 e. The van der Waals surface area contributed by atoms with E-state index < -0.39 is 41.6 Å². The second-order valence-electron chi connectivity index (χ2n) is 6.02. The summed E-state index contributed by atoms with van der Waals surface area (Å²) in [5, 5.41) is 12.8. The molecule has 2 N–H and O–H groups in total. The van der Waals surface area contributed by atoms with E-state index in [2.05, 4.69) is 15.0 Å². The number of nitrogens with one attached hydrogen (secondary N) is 1. The summed E-state index contributed by atoms with van der Waals surface area (Å²) >= 11 is 0. The van der Waals surface area contributed by atoms with Crippen molar-refractivity contribution in [2.75, 3.05) is 6.61 Å². The molecular weight excluding hydrogens is 322 g/mol. The van der Waals surface area contributed by atoms with Gasteiger partial charge in [0.2, 0.25) is 0 Å². The quantitative estimate of drug-likeness (QED) is 0.438. The Morgan fingerprint density at radius 3 is 2.79 bits per heavy atom. The van der Waals surface area contributed by atoms with E-state index in [0.717, 1.165) is 4.57 Å². The van der Waals surface area contributed by atoms with Gasteiger partial charge in [-0.1, -0.05) is 5.11 Å². The van der Waals surface area contributed by atoms with Gasteiger partial charge in [-0.2, -0.15) is 0 Å². The zero-order valence-electron chi connectivity index (χ0n) is 13.1. The SMILES string of the molecule is CC1(C)O[C@@H]2[C@H](O1)[C@@H](CO)O[C@H]2n1cc(CN=[N+]=[N-])c(=O)[nH]c1=O. The van der Waals surface area contributed by atoms with E-state index in [1.165, 1.54) is 6.20 Å². The fourth-order valence-corrected chi connectivity index (χ4v) is 2.97. The van der Waals surface area contributed by atoms with Gasteiger partial charge in [0, 0.05) is 16.7 Å². The van der Waals surface area contributed by atoms with Gasteiger partial charge in [-0.05, 0) is 19.4 Å². The van der Waals surface area contributed by atoms with Gasteiger partial charge in [-0.15, -0.1) is 0 Å². The van der Waals surface area contributed by atoms with Crippen LogP contribution in [0.4, 0.5) is 0 Å². The van der Waals surface area contributed by atoms with Gasteiger partial charge in [0.25, 0.3) is 5.56 Å². The van der Waals surface area contributed by atoms with Gasteiger partial charge in [0.15, 0.2) is 12.0 Å². The highest BCUT2D eigenvalue weighted by atomic mass is 16.8. The molecule has 24 heavy (non-hydrogen) atoms. The standard InChI is InChI=1S/C13H17N5O6/c1-13(2)23-8-7(5-19)22-11(9(8)24-13)18-4-6(3-15-17-14)10(20)16-12(18)21/h4,7-9,11,19H,3,5H2,1-2H3,(H,16,20,21)/t7-,8-,9-,11-/m1/s1. The van der Waals surface area contributed by atoms with E-state index >= 15 is 0 Å². The highest BCUT2D eigenvalue weighted by Gasteiger charge is 2.55. The number of rotatable bonds is 4. The molecule has 4 atom stereocenters. The molecule has 3 rings (SSSR count). The molecule has 0 amide bonds. The zero-order chi connectivity index (χ0) is 17.5. The Morgan fingerprint density at radius 1 is 1.42 bits per heavy atom. The Balaban J connectivity index is 2.00. The van der Waals surface area contributed by atoms with Crippen molar-refractivity contribution in [1.29, 1.82) is 0 Å². The highest BCUT2D eigenvalue weighted by Crippen LogP contribution is 2.42. The largest absolute Gasteiger partial charge is 0.394 e. The molecule has 0 aromatic carbocycles. The van der Waals surface area contributed by atoms with Crippen LogP contribution in [0.3, 0.4) is 0 Å². The summed E-state index contributed by atoms with van der Waals surface area (Å²) in [7, 11) is 0. The first-order chi connectivity index (χ1) is 11.4. The maximum absolute atomic E-state index is 12.2. The van der Waals surface area contributed by atoms with Crippen molar-refractivity contribution in [2.45, 2.75) is 50.7 Å². The van der Waals surface area contributed by atoms with Gasteiger partial charge in [0.05, 0.1) is 13.2 Å². The number of hydrogen-bond acceptors (Lipinski definition) is 7. The summed E-state index contributed by atoms with van der Waals surface area (Å²) in [6.07, 6.45) is -1.46. The summed E-state index contributed by atoms with van der Waals surface area (Å²) in [5.41, 5.74) is 7.17. The van der Waals surface area contributed by atoms with Gasteiger partial charge < -0.3 is 19.3 Å². The number of aromatic nitrogens is 2. The van der Waals surface area contributed by atoms with E-state index in [-0.39, 0.29) is 18.7 Å². The van der Waals surface area contributed by atoms with Crippen molar-refractivity contribution in [2.24, 2.45) is 5.11 Å². The number of aliphatic hydroxyl groups is 1. The zero-order valence-corrected chi connectivity index (χ0v) is 13.1. The maximum Gasteiger partial charge on any atom is 0.330 e. The molecule has 2 aliphatic heterocycles. The minimum atomic E-state index is -0.886. The Bertz CT molecular complexity index is 795. The number of hydrogen-bond donors (Lipinski definition) is 2. The number of aliphatic hydroxyl groups excluding tert-OH is 1. The molecule has 2 aliphatic rings. The minimum Gasteiger partial charge on any atom is -0.394 e. The lowest BCUT2D eigenvalue weighted by Crippen LogP contribution is -2.38. The van der Waals surface area contributed by atoms with Crippen LogP contribution in [0.1, 0.15) is 25.6 Å². The molecule has 1 aromatic rings. The molecule has 0 radical (unpaired) electrons. The van der Waals surface area contributed by atoms with Gasteiger partial charge >= 0.3 is 5.69 Å². The molecule has 11 nitrogen and oxygen atoms in total. The molecular formula is C13H17N5O6. The number of azide groups is 1. The van der Waals surface area contributed by atoms with Gasteiger partial charge in [-0.25, -0.2) is 4.79 Å². The van der Waals surface area contributed by atoms with Crippen LogP contribution in [0.15, 0.2) is 20.9 Å². The first-order valence-electron chi connectivity index (χ1n) is 7.33. The topological polar surface area (TPSA) is 152 Å². The highest BCUT2D eigenvalue weighted by molar-refractivity contribution is 5.07. The predicted molar refractivity (Wildman–Crippen MR) is 79.0 cm³/mol. The predicted octanol–water partition coefficient (Wildman–Crippen LogP) is -0.243. The minimum absolute atomic E-state index is 0.109. The molecule has 0 saturated carbocycles. The molecule has 2 saturated heterocycles. The number of ether oxygens (including phenoxy) is 3. The van der Waals surface area contributed by atoms with Crippen molar-refractivity contribution in [3.63, 3.8) is 0 Å². The van der Waals surface area contributed by atoms with Crippen LogP contribution >= 0.6 is 0 Å². The first kappa shape index (κ1) is 16.7. The van der Waals surface area contributed by atoms with E-state index in [1.807, 2.05) is 0 Å². The second kappa shape index (κ2) is 6.04. The van der Waals surface area contributed by atoms with Gasteiger partial charge in [-0.3, -0.25) is 14.3 Å². The normalized spacial score (nSPS) is 30.8. The first-order valence-corrected chi connectivity index (χ1v) is 7.33. The average Bonchev–Trinajstić information content (AvgIpc) is 2.99. The number of fused-ring (bicyclic) bond motifs is 1. The molecule has 1 aromatic heterocycles. The molecule has 130 valence electrons. The third kappa shape index (κ3) is 2.83. The van der Waals surface area contributed by atoms with E-state index in [1.54, 1.807) is 13.8 Å².